The number of rotatable bonds is 4. The summed E-state index contributed by atoms with van der Waals surface area (Å²) < 4.78 is 13.2. The first-order chi connectivity index (χ1) is 8.28. The van der Waals surface area contributed by atoms with Gasteiger partial charge in [-0.3, -0.25) is 0 Å². The molecular formula is C14H15FN2. The van der Waals surface area contributed by atoms with Gasteiger partial charge in [-0.15, -0.1) is 0 Å². The van der Waals surface area contributed by atoms with Crippen LogP contribution in [0.2, 0.25) is 0 Å². The Bertz CT molecular complexity index is 474. The molecule has 2 nitrogen and oxygen atoms in total. The van der Waals surface area contributed by atoms with Crippen LogP contribution in [0, 0.1) is 23.1 Å². The minimum Gasteiger partial charge on any atom is -0.314 e. The average Bonchev–Trinajstić information content (AvgIpc) is 3.21. The van der Waals surface area contributed by atoms with Crippen molar-refractivity contribution in [1.82, 2.24) is 5.32 Å². The summed E-state index contributed by atoms with van der Waals surface area (Å²) in [4.78, 5) is 0. The van der Waals surface area contributed by atoms with Crippen LogP contribution < -0.4 is 5.32 Å². The first-order valence-electron chi connectivity index (χ1n) is 6.21. The maximum absolute atomic E-state index is 13.2. The smallest absolute Gasteiger partial charge is 0.140 e. The molecule has 2 fully saturated rings. The molecular weight excluding hydrogens is 215 g/mol. The van der Waals surface area contributed by atoms with Gasteiger partial charge in [-0.2, -0.15) is 5.26 Å². The fourth-order valence-electron chi connectivity index (χ4n) is 2.35. The van der Waals surface area contributed by atoms with Crippen molar-refractivity contribution in [2.75, 3.05) is 6.54 Å². The molecule has 0 radical (unpaired) electrons. The Labute approximate surface area is 100 Å². The summed E-state index contributed by atoms with van der Waals surface area (Å²) in [6, 6.07) is 7.59. The second-order valence-corrected chi connectivity index (χ2v) is 5.14. The summed E-state index contributed by atoms with van der Waals surface area (Å²) in [7, 11) is 0. The molecule has 0 heterocycles. The van der Waals surface area contributed by atoms with Crippen molar-refractivity contribution in [1.29, 1.82) is 5.26 Å². The standard InChI is InChI=1S/C14H15FN2/c15-14-4-1-9(5-10(14)7-16)13-6-11(13)8-17-12-2-3-12/h1,4-5,11-13,17H,2-3,6,8H2. The SMILES string of the molecule is N#Cc1cc(C2CC2CNC2CC2)ccc1F. The van der Waals surface area contributed by atoms with Crippen molar-refractivity contribution in [3.8, 4) is 6.07 Å². The molecule has 17 heavy (non-hydrogen) atoms. The van der Waals surface area contributed by atoms with E-state index in [9.17, 15) is 4.39 Å². The molecule has 2 unspecified atom stereocenters. The summed E-state index contributed by atoms with van der Waals surface area (Å²) >= 11 is 0. The van der Waals surface area contributed by atoms with Crippen molar-refractivity contribution >= 4 is 0 Å². The van der Waals surface area contributed by atoms with Crippen LogP contribution in [0.3, 0.4) is 0 Å². The van der Waals surface area contributed by atoms with E-state index in [1.165, 1.54) is 18.9 Å². The number of hydrogen-bond donors (Lipinski definition) is 1. The van der Waals surface area contributed by atoms with E-state index in [1.54, 1.807) is 6.07 Å². The Kier molecular flexibility index (Phi) is 2.60. The highest BCUT2D eigenvalue weighted by atomic mass is 19.1. The van der Waals surface area contributed by atoms with E-state index in [0.717, 1.165) is 24.6 Å². The lowest BCUT2D eigenvalue weighted by Crippen LogP contribution is -2.19. The Morgan fingerprint density at radius 1 is 1.41 bits per heavy atom. The summed E-state index contributed by atoms with van der Waals surface area (Å²) in [5.41, 5.74) is 1.29. The number of halogens is 1. The van der Waals surface area contributed by atoms with Gasteiger partial charge in [0, 0.05) is 6.04 Å². The zero-order valence-electron chi connectivity index (χ0n) is 9.62. The number of nitrogens with one attached hydrogen (secondary N) is 1. The molecule has 88 valence electrons. The highest BCUT2D eigenvalue weighted by Crippen LogP contribution is 2.47. The lowest BCUT2D eigenvalue weighted by Gasteiger charge is -2.03. The van der Waals surface area contributed by atoms with Crippen molar-refractivity contribution in [3.05, 3.63) is 35.1 Å². The van der Waals surface area contributed by atoms with Gasteiger partial charge < -0.3 is 5.32 Å². The molecule has 2 aliphatic rings. The van der Waals surface area contributed by atoms with Crippen LogP contribution >= 0.6 is 0 Å². The average molecular weight is 230 g/mol. The molecule has 0 bridgehead atoms. The Hall–Kier alpha value is -1.40. The molecule has 0 saturated heterocycles. The first kappa shape index (κ1) is 10.7. The Balaban J connectivity index is 1.63. The van der Waals surface area contributed by atoms with Crippen LogP contribution in [-0.4, -0.2) is 12.6 Å². The van der Waals surface area contributed by atoms with Crippen LogP contribution in [0.4, 0.5) is 4.39 Å². The van der Waals surface area contributed by atoms with E-state index < -0.39 is 5.82 Å². The zero-order valence-corrected chi connectivity index (χ0v) is 9.62. The minimum absolute atomic E-state index is 0.170. The van der Waals surface area contributed by atoms with E-state index in [1.807, 2.05) is 12.1 Å². The van der Waals surface area contributed by atoms with Crippen LogP contribution in [0.1, 0.15) is 36.3 Å². The third-order valence-corrected chi connectivity index (χ3v) is 3.71. The van der Waals surface area contributed by atoms with E-state index in [-0.39, 0.29) is 5.56 Å². The van der Waals surface area contributed by atoms with Crippen molar-refractivity contribution in [3.63, 3.8) is 0 Å². The number of benzene rings is 1. The van der Waals surface area contributed by atoms with Gasteiger partial charge in [-0.05, 0) is 55.3 Å². The molecule has 0 spiro atoms. The topological polar surface area (TPSA) is 35.8 Å². The molecule has 3 heteroatoms. The zero-order chi connectivity index (χ0) is 11.8. The predicted molar refractivity (Wildman–Crippen MR) is 63.0 cm³/mol. The van der Waals surface area contributed by atoms with E-state index in [4.69, 9.17) is 5.26 Å². The van der Waals surface area contributed by atoms with Gasteiger partial charge in [0.25, 0.3) is 0 Å². The van der Waals surface area contributed by atoms with Crippen LogP contribution in [-0.2, 0) is 0 Å². The van der Waals surface area contributed by atoms with E-state index >= 15 is 0 Å². The molecule has 1 N–H and O–H groups in total. The fourth-order valence-corrected chi connectivity index (χ4v) is 2.35. The van der Waals surface area contributed by atoms with E-state index in [0.29, 0.717) is 11.8 Å². The largest absolute Gasteiger partial charge is 0.314 e. The van der Waals surface area contributed by atoms with Gasteiger partial charge in [0.15, 0.2) is 0 Å². The number of nitriles is 1. The Morgan fingerprint density at radius 2 is 2.24 bits per heavy atom. The lowest BCUT2D eigenvalue weighted by atomic mass is 10.1. The third-order valence-electron chi connectivity index (χ3n) is 3.71. The van der Waals surface area contributed by atoms with Crippen LogP contribution in [0.15, 0.2) is 18.2 Å². The summed E-state index contributed by atoms with van der Waals surface area (Å²) in [5.74, 6) is 0.783. The minimum atomic E-state index is -0.412. The second-order valence-electron chi connectivity index (χ2n) is 5.14. The van der Waals surface area contributed by atoms with Crippen molar-refractivity contribution in [2.24, 2.45) is 5.92 Å². The van der Waals surface area contributed by atoms with Gasteiger partial charge in [-0.25, -0.2) is 4.39 Å². The molecule has 3 rings (SSSR count). The molecule has 1 aromatic rings. The van der Waals surface area contributed by atoms with Gasteiger partial charge in [-0.1, -0.05) is 6.07 Å². The highest BCUT2D eigenvalue weighted by molar-refractivity contribution is 5.38. The highest BCUT2D eigenvalue weighted by Gasteiger charge is 2.39. The maximum Gasteiger partial charge on any atom is 0.140 e. The van der Waals surface area contributed by atoms with Gasteiger partial charge in [0.1, 0.15) is 11.9 Å². The van der Waals surface area contributed by atoms with Crippen molar-refractivity contribution in [2.45, 2.75) is 31.2 Å². The second kappa shape index (κ2) is 4.12. The van der Waals surface area contributed by atoms with Crippen LogP contribution in [0.25, 0.3) is 0 Å². The van der Waals surface area contributed by atoms with E-state index in [2.05, 4.69) is 5.32 Å². The van der Waals surface area contributed by atoms with Crippen molar-refractivity contribution < 1.29 is 4.39 Å². The monoisotopic (exact) mass is 230 g/mol. The predicted octanol–water partition coefficient (Wildman–Crippen LogP) is 2.55. The molecule has 0 amide bonds. The fraction of sp³-hybridized carbons (Fsp3) is 0.500. The number of nitrogens with zero attached hydrogens (tertiary/aromatic N) is 1. The van der Waals surface area contributed by atoms with Gasteiger partial charge in [0.2, 0.25) is 0 Å². The summed E-state index contributed by atoms with van der Waals surface area (Å²) in [6.45, 7) is 1.06. The van der Waals surface area contributed by atoms with Gasteiger partial charge >= 0.3 is 0 Å². The molecule has 0 aliphatic heterocycles. The molecule has 2 saturated carbocycles. The third kappa shape index (κ3) is 2.32. The number of hydrogen-bond acceptors (Lipinski definition) is 2. The molecule has 2 atom stereocenters. The van der Waals surface area contributed by atoms with Crippen LogP contribution in [0.5, 0.6) is 0 Å². The quantitative estimate of drug-likeness (QED) is 0.862. The molecule has 1 aromatic carbocycles. The lowest BCUT2D eigenvalue weighted by molar-refractivity contribution is 0.617. The maximum atomic E-state index is 13.2. The summed E-state index contributed by atoms with van der Waals surface area (Å²) in [6.07, 6.45) is 3.79. The molecule has 2 aliphatic carbocycles. The Morgan fingerprint density at radius 3 is 2.94 bits per heavy atom. The first-order valence-corrected chi connectivity index (χ1v) is 6.21. The van der Waals surface area contributed by atoms with Gasteiger partial charge in [0.05, 0.1) is 5.56 Å². The molecule has 0 aromatic heterocycles. The normalized spacial score (nSPS) is 26.6. The summed E-state index contributed by atoms with van der Waals surface area (Å²) in [5, 5.41) is 12.3.